The highest BCUT2D eigenvalue weighted by molar-refractivity contribution is 6.56. The topological polar surface area (TPSA) is 631 Å². The monoisotopic (exact) mass is 1630 g/mol. The van der Waals surface area contributed by atoms with Crippen molar-refractivity contribution < 1.29 is 102 Å². The summed E-state index contributed by atoms with van der Waals surface area (Å²) < 4.78 is 66.1. The molecule has 0 aliphatic carbocycles. The molecule has 620 valence electrons. The maximum Gasteiger partial charge on any atom is 0.328 e. The molecule has 0 bridgehead atoms. The lowest BCUT2D eigenvalue weighted by Gasteiger charge is -2.24. The summed E-state index contributed by atoms with van der Waals surface area (Å²) >= 11 is 0. The number of nitrogens with two attached hydrogens (primary N) is 5. The third-order valence-corrected chi connectivity index (χ3v) is 19.0. The minimum Gasteiger partial charge on any atom is -0.462 e. The van der Waals surface area contributed by atoms with E-state index in [-0.39, 0.29) is 126 Å². The van der Waals surface area contributed by atoms with Crippen LogP contribution in [0, 0.1) is 11.8 Å². The van der Waals surface area contributed by atoms with Gasteiger partial charge in [0.25, 0.3) is 28.2 Å². The number of halogens is 2. The van der Waals surface area contributed by atoms with Gasteiger partial charge in [0.05, 0.1) is 25.9 Å². The van der Waals surface area contributed by atoms with Gasteiger partial charge in [-0.2, -0.15) is 0 Å². The Morgan fingerprint density at radius 1 is 0.540 bits per heavy atom. The summed E-state index contributed by atoms with van der Waals surface area (Å²) in [5, 5.41) is 62.0. The van der Waals surface area contributed by atoms with Crippen LogP contribution in [0.4, 0.5) is 23.8 Å². The maximum absolute atomic E-state index is 12.7. The zero-order chi connectivity index (χ0) is 81.8. The Labute approximate surface area is 655 Å². The van der Waals surface area contributed by atoms with Gasteiger partial charge < -0.3 is 130 Å². The molecule has 0 spiro atoms. The number of rotatable bonds is 15. The zero-order valence-corrected chi connectivity index (χ0v) is 65.7. The Kier molecular flexibility index (Phi) is 28.0. The Balaban J connectivity index is 0.000000187. The van der Waals surface area contributed by atoms with Crippen molar-refractivity contribution in [1.82, 2.24) is 63.5 Å². The number of amides is 1. The van der Waals surface area contributed by atoms with Gasteiger partial charge in [-0.15, -0.1) is 24.8 Å². The molecule has 8 aromatic rings. The summed E-state index contributed by atoms with van der Waals surface area (Å²) in [5.74, 6) is -3.55. The molecule has 2 radical (unpaired) electrons. The van der Waals surface area contributed by atoms with E-state index in [1.165, 1.54) is 18.4 Å². The summed E-state index contributed by atoms with van der Waals surface area (Å²) in [6.45, 7) is 16.1. The van der Waals surface area contributed by atoms with Gasteiger partial charge in [-0.05, 0) is 46.5 Å². The molecule has 6 fully saturated rings. The van der Waals surface area contributed by atoms with Crippen LogP contribution in [0.15, 0.2) is 44.1 Å². The number of nitrogens with one attached hydrogen (secondary N) is 5. The molecule has 46 heteroatoms. The summed E-state index contributed by atoms with van der Waals surface area (Å²) in [6.07, 6.45) is -6.44. The Morgan fingerprint density at radius 2 is 0.912 bits per heavy atom. The molecule has 6 saturated heterocycles. The number of carbonyl (C=O) groups is 4. The number of hydrogen-bond acceptors (Lipinski definition) is 33. The van der Waals surface area contributed by atoms with Gasteiger partial charge in [0, 0.05) is 63.3 Å². The molecule has 43 nitrogen and oxygen atoms in total. The first-order valence-corrected chi connectivity index (χ1v) is 35.2. The standard InChI is InChI=1S/C21H30N6O7.C17H25N5O6.C15H20N4O5.C12H16N4O5.C2H3BO.2ClH/c1-9(2)12(23-10(3)28)19(30)31-7-11-14-15(34-21(4,5)33-14)18(32-11)27-8-26(6)13-16(27)24-20(22)25-17(13)29;1-6(2)9(18)16(26)27-5-8-12(23)13(24)14(28-8)7-4-22(3)11-10(7)20-17(19)21-15(11)25;1-15(2)23-11-7(5-20)22-10(12(11)24-15)6-4-19(3)9-8(6)17-14(16)18-13(9)21;1-16-2-4(6-7(16)11(20)15-12(13)14-6)10-9(19)8(18)5(3-17)21-10;1-2(3)4;;/h8-9,11-12,14-15,18H,7H2,1-6H3,(H3-,22,23,24,25,28,29);4,6,8-9,12-14,23-24H,5,18H2,1-3H3,(H3,19,20,21,25);4,7,10-12,20H,5H2,1-3H3,(H3,16,17,18,21);2,5,8-10,17-19H,3H2,1H3,(H3,13,14,15,20);1H3;2*1H/p+1/t11-,12+,14-,15-,18-;8-,9+,12-,13-,14+;7-,10+,11-,12+;5-,8-,9-,10+;;;/m1111.../s1. The highest BCUT2D eigenvalue weighted by atomic mass is 35.5. The van der Waals surface area contributed by atoms with E-state index in [1.807, 2.05) is 27.7 Å². The van der Waals surface area contributed by atoms with Crippen molar-refractivity contribution in [2.45, 2.75) is 191 Å². The second kappa shape index (κ2) is 35.4. The lowest BCUT2D eigenvalue weighted by molar-refractivity contribution is -0.746. The second-order valence-electron chi connectivity index (χ2n) is 29.2. The first-order valence-electron chi connectivity index (χ1n) is 35.2. The van der Waals surface area contributed by atoms with E-state index in [0.29, 0.717) is 44.4 Å². The number of esters is 2. The highest BCUT2D eigenvalue weighted by Gasteiger charge is 2.59. The third-order valence-electron chi connectivity index (χ3n) is 19.0. The second-order valence-corrected chi connectivity index (χ2v) is 29.2. The number of aliphatic hydroxyl groups excluding tert-OH is 6. The number of aliphatic hydroxyl groups is 6. The Hall–Kier alpha value is -9.07. The van der Waals surface area contributed by atoms with Crippen LogP contribution in [-0.2, 0) is 94.7 Å². The fourth-order valence-corrected chi connectivity index (χ4v) is 14.0. The summed E-state index contributed by atoms with van der Waals surface area (Å²) in [6, 6.07) is -1.58. The van der Waals surface area contributed by atoms with Crippen LogP contribution in [0.1, 0.15) is 110 Å². The van der Waals surface area contributed by atoms with Gasteiger partial charge in [0.2, 0.25) is 35.5 Å². The number of anilines is 4. The number of imidazole rings is 1. The first-order chi connectivity index (χ1) is 52.0. The number of nitrogens with zero attached hydrogens (tertiary/aromatic N) is 9. The molecular formula is C67H97BCl2N19O24+. The van der Waals surface area contributed by atoms with Crippen LogP contribution < -0.4 is 60.8 Å². The number of nitrogen functional groups attached to an aromatic ring is 4. The number of H-pyrrole nitrogens is 4. The average Bonchev–Trinajstić information content (AvgIpc) is 1.62. The maximum atomic E-state index is 12.7. The average molecular weight is 1630 g/mol. The van der Waals surface area contributed by atoms with E-state index in [1.54, 1.807) is 99.1 Å². The SMILES string of the molecule is CC(=O)N[C@H](C(=O)OC[C@H]1O[C@@H]([n+]2cn(C)c3c(=O)[nH]c(N)nc32)[C@@H]2OC(C)(C)O[C@@H]21)C(C)C.CC(C)[C@H](N)C(=O)OC[C@H]1O[C@@H](c2cn(C)c3c(=O)[nH]c(N)nc23)[C@H](O)[C@@H]1O.Cl.Cl.Cn1cc([C@@H]2O[C@H](CO)[C@@H](O)[C@H]2O)c2nc(N)[nH]c(=O)c21.Cn1cc([C@@H]2O[C@H](CO)[C@H]3OC(C)(C)O[C@H]32)c2nc(N)[nH]c(=O)c21.[B]C(C)=O. The molecule has 1 amide bonds. The first kappa shape index (κ1) is 89.5. The van der Waals surface area contributed by atoms with Crippen LogP contribution in [0.25, 0.3) is 44.3 Å². The molecule has 14 rings (SSSR count). The van der Waals surface area contributed by atoms with Crippen molar-refractivity contribution >= 4 is 124 Å². The molecule has 6 aliphatic rings. The Morgan fingerprint density at radius 3 is 1.34 bits per heavy atom. The van der Waals surface area contributed by atoms with Crippen LogP contribution in [-0.4, -0.2) is 243 Å². The fraction of sp³-hybridized carbons (Fsp3) is 0.597. The minimum atomic E-state index is -1.31. The summed E-state index contributed by atoms with van der Waals surface area (Å²) in [7, 11) is 11.2. The van der Waals surface area contributed by atoms with Gasteiger partial charge in [-0.25, -0.2) is 24.3 Å². The zero-order valence-electron chi connectivity index (χ0n) is 64.0. The van der Waals surface area contributed by atoms with Crippen LogP contribution >= 0.6 is 24.8 Å². The van der Waals surface area contributed by atoms with Crippen molar-refractivity contribution in [1.29, 1.82) is 0 Å². The summed E-state index contributed by atoms with van der Waals surface area (Å²) in [5.41, 5.74) is 30.7. The van der Waals surface area contributed by atoms with Crippen molar-refractivity contribution in [3.05, 3.63) is 83.0 Å². The minimum absolute atomic E-state index is 0. The molecule has 18 atom stereocenters. The van der Waals surface area contributed by atoms with Crippen LogP contribution in [0.2, 0.25) is 0 Å². The number of ether oxygens (including phenoxy) is 10. The van der Waals surface area contributed by atoms with E-state index >= 15 is 0 Å². The predicted molar refractivity (Wildman–Crippen MR) is 404 cm³/mol. The lowest BCUT2D eigenvalue weighted by Crippen LogP contribution is -2.46. The number of hydrogen-bond donors (Lipinski definition) is 16. The molecule has 0 unspecified atom stereocenters. The lowest BCUT2D eigenvalue weighted by atomic mass is 10.0. The van der Waals surface area contributed by atoms with E-state index in [2.05, 4.69) is 53.0 Å². The van der Waals surface area contributed by atoms with Crippen molar-refractivity contribution in [2.24, 2.45) is 45.8 Å². The van der Waals surface area contributed by atoms with E-state index in [0.717, 1.165) is 0 Å². The molecule has 6 aliphatic heterocycles. The Bertz CT molecular complexity index is 5040. The van der Waals surface area contributed by atoms with Gasteiger partial charge in [0.1, 0.15) is 150 Å². The number of fused-ring (bicyclic) bond motifs is 6. The molecule has 21 N–H and O–H groups in total. The van der Waals surface area contributed by atoms with Crippen LogP contribution in [0.5, 0.6) is 0 Å². The van der Waals surface area contributed by atoms with Gasteiger partial charge in [-0.1, -0.05) is 32.7 Å². The molecule has 0 aromatic carbocycles. The highest BCUT2D eigenvalue weighted by Crippen LogP contribution is 2.47. The van der Waals surface area contributed by atoms with Gasteiger partial charge >= 0.3 is 17.6 Å². The number of carbonyl (C=O) groups excluding carboxylic acids is 4. The van der Waals surface area contributed by atoms with Gasteiger partial charge in [-0.3, -0.25) is 53.3 Å². The van der Waals surface area contributed by atoms with Crippen LogP contribution in [0.3, 0.4) is 0 Å². The fourth-order valence-electron chi connectivity index (χ4n) is 14.0. The normalized spacial score (nSPS) is 26.9. The van der Waals surface area contributed by atoms with Crippen molar-refractivity contribution in [3.63, 3.8) is 0 Å². The van der Waals surface area contributed by atoms with E-state index in [9.17, 15) is 63.9 Å². The predicted octanol–water partition coefficient (Wildman–Crippen LogP) is -3.88. The molecule has 8 aromatic heterocycles. The molecule has 0 saturated carbocycles. The third kappa shape index (κ3) is 18.7. The number of aromatic amines is 4. The molecular weight excluding hydrogens is 1540 g/mol. The summed E-state index contributed by atoms with van der Waals surface area (Å²) in [4.78, 5) is 120. The van der Waals surface area contributed by atoms with E-state index in [4.69, 9.17) is 81.1 Å². The van der Waals surface area contributed by atoms with Crippen molar-refractivity contribution in [3.8, 4) is 0 Å². The number of aryl methyl sites for hydroxylation is 4. The quantitative estimate of drug-likeness (QED) is 0.0265. The van der Waals surface area contributed by atoms with Crippen molar-refractivity contribution in [2.75, 3.05) is 49.4 Å². The largest absolute Gasteiger partial charge is 0.462 e. The smallest absolute Gasteiger partial charge is 0.328 e. The van der Waals surface area contributed by atoms with Gasteiger partial charge in [0.15, 0.2) is 25.7 Å². The molecule has 14 heterocycles. The number of aromatic nitrogens is 13. The van der Waals surface area contributed by atoms with E-state index < -0.39 is 145 Å². The molecule has 113 heavy (non-hydrogen) atoms.